The number of rotatable bonds is 4. The number of anilines is 1. The third kappa shape index (κ3) is 4.70. The van der Waals surface area contributed by atoms with E-state index in [1.165, 1.54) is 0 Å². The maximum atomic E-state index is 12.9. The van der Waals surface area contributed by atoms with Crippen LogP contribution in [0.5, 0.6) is 0 Å². The van der Waals surface area contributed by atoms with E-state index in [0.29, 0.717) is 12.1 Å². The van der Waals surface area contributed by atoms with Crippen molar-refractivity contribution in [1.82, 2.24) is 0 Å². The third-order valence-electron chi connectivity index (χ3n) is 1.89. The maximum absolute atomic E-state index is 12.9. The van der Waals surface area contributed by atoms with Crippen molar-refractivity contribution in [3.63, 3.8) is 0 Å². The first kappa shape index (κ1) is 15.2. The molecule has 0 bridgehead atoms. The summed E-state index contributed by atoms with van der Waals surface area (Å²) >= 11 is 0. The summed E-state index contributed by atoms with van der Waals surface area (Å²) in [6, 6.07) is 1.07. The summed E-state index contributed by atoms with van der Waals surface area (Å²) in [6.07, 6.45) is -4.84. The monoisotopic (exact) mass is 285 g/mol. The first-order valence-corrected chi connectivity index (χ1v) is 4.83. The van der Waals surface area contributed by atoms with Gasteiger partial charge in [-0.25, -0.2) is 13.6 Å². The van der Waals surface area contributed by atoms with E-state index in [-0.39, 0.29) is 5.69 Å². The Balaban J connectivity index is 2.57. The molecule has 1 aromatic rings. The molecular formula is C10H8F5NO3. The Morgan fingerprint density at radius 3 is 2.32 bits per heavy atom. The van der Waals surface area contributed by atoms with Gasteiger partial charge in [0.1, 0.15) is 6.61 Å². The van der Waals surface area contributed by atoms with Crippen molar-refractivity contribution in [2.75, 3.05) is 18.9 Å². The van der Waals surface area contributed by atoms with Gasteiger partial charge >= 0.3 is 12.3 Å². The Morgan fingerprint density at radius 1 is 1.16 bits per heavy atom. The van der Waals surface area contributed by atoms with Crippen LogP contribution in [0.2, 0.25) is 0 Å². The Kier molecular flexibility index (Phi) is 4.65. The van der Waals surface area contributed by atoms with E-state index in [9.17, 15) is 26.7 Å². The quantitative estimate of drug-likeness (QED) is 0.399. The van der Waals surface area contributed by atoms with E-state index < -0.39 is 42.7 Å². The van der Waals surface area contributed by atoms with Crippen LogP contribution < -0.4 is 5.73 Å². The van der Waals surface area contributed by atoms with Crippen LogP contribution in [0.15, 0.2) is 12.1 Å². The predicted octanol–water partition coefficient (Wildman–Crippen LogP) is 2.24. The zero-order valence-corrected chi connectivity index (χ0v) is 9.26. The van der Waals surface area contributed by atoms with Crippen LogP contribution >= 0.6 is 0 Å². The molecule has 1 aromatic carbocycles. The molecule has 0 radical (unpaired) electrons. The second kappa shape index (κ2) is 5.83. The van der Waals surface area contributed by atoms with E-state index in [0.717, 1.165) is 0 Å². The molecule has 0 aliphatic carbocycles. The number of carbonyl (C=O) groups is 1. The van der Waals surface area contributed by atoms with Crippen molar-refractivity contribution in [3.05, 3.63) is 29.3 Å². The highest BCUT2D eigenvalue weighted by atomic mass is 19.4. The zero-order chi connectivity index (χ0) is 14.6. The molecule has 0 aliphatic heterocycles. The average Bonchev–Trinajstić information content (AvgIpc) is 2.28. The van der Waals surface area contributed by atoms with E-state index >= 15 is 0 Å². The number of ether oxygens (including phenoxy) is 2. The highest BCUT2D eigenvalue weighted by Gasteiger charge is 2.28. The standard InChI is InChI=1S/C10H8F5NO3/c11-6-3-5(8(16)4-7(6)12)9(17)18-1-2-19-10(13,14)15/h3-4H,1-2,16H2. The van der Waals surface area contributed by atoms with Crippen LogP contribution in [0.25, 0.3) is 0 Å². The van der Waals surface area contributed by atoms with Gasteiger partial charge < -0.3 is 10.5 Å². The number of hydrogen-bond acceptors (Lipinski definition) is 4. The number of esters is 1. The fourth-order valence-corrected chi connectivity index (χ4v) is 1.11. The third-order valence-corrected chi connectivity index (χ3v) is 1.89. The van der Waals surface area contributed by atoms with Gasteiger partial charge in [-0.1, -0.05) is 0 Å². The van der Waals surface area contributed by atoms with Crippen molar-refractivity contribution in [1.29, 1.82) is 0 Å². The fraction of sp³-hybridized carbons (Fsp3) is 0.300. The van der Waals surface area contributed by atoms with Gasteiger partial charge in [0, 0.05) is 11.8 Å². The lowest BCUT2D eigenvalue weighted by molar-refractivity contribution is -0.326. The first-order valence-electron chi connectivity index (χ1n) is 4.83. The van der Waals surface area contributed by atoms with Gasteiger partial charge in [-0.05, 0) is 6.07 Å². The number of nitrogen functional groups attached to an aromatic ring is 1. The molecule has 0 amide bonds. The Labute approximate surface area is 103 Å². The smallest absolute Gasteiger partial charge is 0.460 e. The van der Waals surface area contributed by atoms with Gasteiger partial charge in [-0.3, -0.25) is 4.74 Å². The molecule has 106 valence electrons. The van der Waals surface area contributed by atoms with Gasteiger partial charge in [-0.15, -0.1) is 13.2 Å². The van der Waals surface area contributed by atoms with Crippen molar-refractivity contribution < 1.29 is 36.2 Å². The second-order valence-electron chi connectivity index (χ2n) is 3.28. The molecule has 0 saturated heterocycles. The molecule has 9 heteroatoms. The van der Waals surface area contributed by atoms with Crippen LogP contribution in [-0.4, -0.2) is 25.5 Å². The molecule has 19 heavy (non-hydrogen) atoms. The van der Waals surface area contributed by atoms with Crippen LogP contribution in [0.3, 0.4) is 0 Å². The summed E-state index contributed by atoms with van der Waals surface area (Å²) in [5.74, 6) is -3.76. The maximum Gasteiger partial charge on any atom is 0.522 e. The summed E-state index contributed by atoms with van der Waals surface area (Å²) in [5.41, 5.74) is 4.38. The van der Waals surface area contributed by atoms with Crippen molar-refractivity contribution >= 4 is 11.7 Å². The minimum absolute atomic E-state index is 0.388. The second-order valence-corrected chi connectivity index (χ2v) is 3.28. The minimum Gasteiger partial charge on any atom is -0.460 e. The largest absolute Gasteiger partial charge is 0.522 e. The van der Waals surface area contributed by atoms with Crippen molar-refractivity contribution in [3.8, 4) is 0 Å². The predicted molar refractivity (Wildman–Crippen MR) is 53.1 cm³/mol. The van der Waals surface area contributed by atoms with Crippen molar-refractivity contribution in [2.24, 2.45) is 0 Å². The van der Waals surface area contributed by atoms with Gasteiger partial charge in [0.2, 0.25) is 0 Å². The molecule has 4 nitrogen and oxygen atoms in total. The molecule has 0 aromatic heterocycles. The van der Waals surface area contributed by atoms with Crippen molar-refractivity contribution in [2.45, 2.75) is 6.36 Å². The summed E-state index contributed by atoms with van der Waals surface area (Å²) in [7, 11) is 0. The zero-order valence-electron chi connectivity index (χ0n) is 9.26. The Morgan fingerprint density at radius 2 is 1.74 bits per heavy atom. The summed E-state index contributed by atoms with van der Waals surface area (Å²) in [6.45, 7) is -1.63. The molecule has 0 spiro atoms. The molecule has 0 saturated carbocycles. The lowest BCUT2D eigenvalue weighted by Gasteiger charge is -2.09. The Hall–Kier alpha value is -1.90. The highest BCUT2D eigenvalue weighted by Crippen LogP contribution is 2.18. The van der Waals surface area contributed by atoms with Gasteiger partial charge in [-0.2, -0.15) is 0 Å². The minimum atomic E-state index is -4.84. The van der Waals surface area contributed by atoms with Crippen LogP contribution in [-0.2, 0) is 9.47 Å². The number of carbonyl (C=O) groups excluding carboxylic acids is 1. The van der Waals surface area contributed by atoms with E-state index in [2.05, 4.69) is 9.47 Å². The van der Waals surface area contributed by atoms with E-state index in [1.54, 1.807) is 0 Å². The topological polar surface area (TPSA) is 61.6 Å². The van der Waals surface area contributed by atoms with E-state index in [1.807, 2.05) is 0 Å². The number of hydrogen-bond donors (Lipinski definition) is 1. The summed E-state index contributed by atoms with van der Waals surface area (Å²) in [5, 5.41) is 0. The lowest BCUT2D eigenvalue weighted by atomic mass is 10.1. The van der Waals surface area contributed by atoms with Crippen LogP contribution in [0, 0.1) is 11.6 Å². The summed E-state index contributed by atoms with van der Waals surface area (Å²) < 4.78 is 68.0. The molecule has 0 fully saturated rings. The van der Waals surface area contributed by atoms with Gasteiger partial charge in [0.15, 0.2) is 11.6 Å². The summed E-state index contributed by atoms with van der Waals surface area (Å²) in [4.78, 5) is 11.3. The molecule has 0 unspecified atom stereocenters. The van der Waals surface area contributed by atoms with E-state index in [4.69, 9.17) is 5.73 Å². The molecule has 2 N–H and O–H groups in total. The number of benzene rings is 1. The SMILES string of the molecule is Nc1cc(F)c(F)cc1C(=O)OCCOC(F)(F)F. The van der Waals surface area contributed by atoms with Crippen LogP contribution in [0.1, 0.15) is 10.4 Å². The van der Waals surface area contributed by atoms with Gasteiger partial charge in [0.05, 0.1) is 12.2 Å². The van der Waals surface area contributed by atoms with Crippen LogP contribution in [0.4, 0.5) is 27.6 Å². The lowest BCUT2D eigenvalue weighted by Crippen LogP contribution is -2.19. The highest BCUT2D eigenvalue weighted by molar-refractivity contribution is 5.95. The molecule has 0 heterocycles. The first-order chi connectivity index (χ1) is 8.70. The normalized spacial score (nSPS) is 11.4. The molecular weight excluding hydrogens is 277 g/mol. The number of halogens is 5. The number of alkyl halides is 3. The molecule has 0 aliphatic rings. The van der Waals surface area contributed by atoms with Gasteiger partial charge in [0.25, 0.3) is 0 Å². The fourth-order valence-electron chi connectivity index (χ4n) is 1.11. The average molecular weight is 285 g/mol. The molecule has 1 rings (SSSR count). The molecule has 0 atom stereocenters. The number of nitrogens with two attached hydrogens (primary N) is 1. The Bertz CT molecular complexity index is 475.